The normalized spacial score (nSPS) is 50.7. The van der Waals surface area contributed by atoms with Gasteiger partial charge >= 0.3 is 17.9 Å². The summed E-state index contributed by atoms with van der Waals surface area (Å²) in [5.41, 5.74) is -3.20. The minimum Gasteiger partial charge on any atom is -0.468 e. The molecule has 3 saturated heterocycles. The molecule has 188 valence electrons. The van der Waals surface area contributed by atoms with E-state index in [9.17, 15) is 19.5 Å². The molecule has 9 heteroatoms. The van der Waals surface area contributed by atoms with E-state index in [0.29, 0.717) is 16.7 Å². The number of carbonyl (C=O) groups is 3. The molecule has 0 aromatic carbocycles. The van der Waals surface area contributed by atoms with E-state index in [0.717, 1.165) is 0 Å². The summed E-state index contributed by atoms with van der Waals surface area (Å²) in [5, 5.41) is 12.3. The molecule has 0 amide bonds. The molecule has 9 nitrogen and oxygen atoms in total. The summed E-state index contributed by atoms with van der Waals surface area (Å²) in [6, 6.07) is 0. The Bertz CT molecular complexity index is 1180. The van der Waals surface area contributed by atoms with Crippen LogP contribution in [0.1, 0.15) is 41.0 Å². The highest BCUT2D eigenvalue weighted by Crippen LogP contribution is 2.79. The maximum absolute atomic E-state index is 14.0. The molecule has 0 aromatic rings. The fourth-order valence-electron chi connectivity index (χ4n) is 8.23. The Labute approximate surface area is 203 Å². The number of esters is 3. The summed E-state index contributed by atoms with van der Waals surface area (Å²) in [6.07, 6.45) is 0.621. The molecule has 9 atom stereocenters. The summed E-state index contributed by atoms with van der Waals surface area (Å²) in [5.74, 6) is -5.24. The first-order chi connectivity index (χ1) is 16.2. The molecule has 4 aliphatic heterocycles. The van der Waals surface area contributed by atoms with E-state index in [2.05, 4.69) is 6.58 Å². The molecule has 4 fully saturated rings. The van der Waals surface area contributed by atoms with Crippen LogP contribution in [-0.2, 0) is 38.1 Å². The molecule has 6 aliphatic rings. The monoisotopic (exact) mass is 486 g/mol. The summed E-state index contributed by atoms with van der Waals surface area (Å²) in [4.78, 5) is 39.9. The first kappa shape index (κ1) is 22.9. The van der Waals surface area contributed by atoms with Crippen molar-refractivity contribution in [3.63, 3.8) is 0 Å². The number of cyclic esters (lactones) is 1. The first-order valence-electron chi connectivity index (χ1n) is 11.9. The van der Waals surface area contributed by atoms with Crippen molar-refractivity contribution in [1.82, 2.24) is 0 Å². The number of hydrogen-bond donors (Lipinski definition) is 1. The third-order valence-corrected chi connectivity index (χ3v) is 9.82. The van der Waals surface area contributed by atoms with Crippen LogP contribution < -0.4 is 0 Å². The Morgan fingerprint density at radius 2 is 1.91 bits per heavy atom. The molecule has 4 heterocycles. The molecule has 35 heavy (non-hydrogen) atoms. The Balaban J connectivity index is 1.73. The summed E-state index contributed by atoms with van der Waals surface area (Å²) >= 11 is 0. The Morgan fingerprint density at radius 3 is 2.57 bits per heavy atom. The molecule has 0 spiro atoms. The van der Waals surface area contributed by atoms with Crippen LogP contribution in [0.25, 0.3) is 0 Å². The zero-order chi connectivity index (χ0) is 25.5. The lowest BCUT2D eigenvalue weighted by atomic mass is 9.38. The van der Waals surface area contributed by atoms with E-state index in [4.69, 9.17) is 23.7 Å². The maximum Gasteiger partial charge on any atom is 0.332 e. The topological polar surface area (TPSA) is 118 Å². The molecule has 0 bridgehead atoms. The van der Waals surface area contributed by atoms with Crippen molar-refractivity contribution < 1.29 is 43.2 Å². The van der Waals surface area contributed by atoms with Gasteiger partial charge in [0, 0.05) is 17.1 Å². The van der Waals surface area contributed by atoms with Gasteiger partial charge in [0.15, 0.2) is 0 Å². The van der Waals surface area contributed by atoms with Gasteiger partial charge in [0.25, 0.3) is 0 Å². The number of rotatable bonds is 1. The number of hydrogen-bond acceptors (Lipinski definition) is 9. The molecule has 6 rings (SSSR count). The van der Waals surface area contributed by atoms with Crippen molar-refractivity contribution in [2.45, 2.75) is 70.9 Å². The molecule has 2 aliphatic carbocycles. The average molecular weight is 487 g/mol. The number of allylic oxidation sites excluding steroid dienone is 1. The zero-order valence-electron chi connectivity index (χ0n) is 20.7. The highest BCUT2D eigenvalue weighted by molar-refractivity contribution is 5.90. The minimum absolute atomic E-state index is 0.267. The lowest BCUT2D eigenvalue weighted by Gasteiger charge is -2.62. The highest BCUT2D eigenvalue weighted by Gasteiger charge is 2.90. The van der Waals surface area contributed by atoms with E-state index in [1.54, 1.807) is 27.7 Å². The highest BCUT2D eigenvalue weighted by atomic mass is 16.7. The Hall–Kier alpha value is -2.49. The van der Waals surface area contributed by atoms with Crippen molar-refractivity contribution in [2.75, 3.05) is 7.11 Å². The van der Waals surface area contributed by atoms with E-state index < -0.39 is 75.9 Å². The van der Waals surface area contributed by atoms with Gasteiger partial charge in [-0.2, -0.15) is 0 Å². The summed E-state index contributed by atoms with van der Waals surface area (Å²) in [7, 11) is 1.26. The second-order valence-corrected chi connectivity index (χ2v) is 11.6. The summed E-state index contributed by atoms with van der Waals surface area (Å²) in [6.45, 7) is 13.1. The Kier molecular flexibility index (Phi) is 4.10. The van der Waals surface area contributed by atoms with Gasteiger partial charge in [-0.1, -0.05) is 13.5 Å². The van der Waals surface area contributed by atoms with Gasteiger partial charge in [-0.25, -0.2) is 4.79 Å². The number of ether oxygens (including phenoxy) is 5. The van der Waals surface area contributed by atoms with Gasteiger partial charge in [-0.15, -0.1) is 0 Å². The van der Waals surface area contributed by atoms with Gasteiger partial charge in [0.2, 0.25) is 12.1 Å². The molecular formula is C26H30O9. The van der Waals surface area contributed by atoms with Crippen molar-refractivity contribution >= 4 is 17.9 Å². The fourth-order valence-corrected chi connectivity index (χ4v) is 8.23. The van der Waals surface area contributed by atoms with Crippen molar-refractivity contribution in [2.24, 2.45) is 28.1 Å². The number of aliphatic hydroxyl groups is 1. The minimum atomic E-state index is -2.12. The molecule has 0 radical (unpaired) electrons. The fraction of sp³-hybridized carbons (Fsp3) is 0.654. The van der Waals surface area contributed by atoms with Gasteiger partial charge < -0.3 is 28.8 Å². The van der Waals surface area contributed by atoms with Crippen LogP contribution in [0.4, 0.5) is 0 Å². The lowest BCUT2D eigenvalue weighted by Crippen LogP contribution is -2.76. The van der Waals surface area contributed by atoms with E-state index in [1.165, 1.54) is 13.2 Å². The first-order valence-corrected chi connectivity index (χ1v) is 11.9. The SMILES string of the molecule is C=C1C2=CC(=O)OC(C)(C)C2=CC2OC3(O)C(C)OC4OC(=O)C5(C)CC1C2(C)C3(C(=O)OC)C45. The van der Waals surface area contributed by atoms with Crippen molar-refractivity contribution in [1.29, 1.82) is 0 Å². The Morgan fingerprint density at radius 1 is 1.23 bits per heavy atom. The number of methoxy groups -OCH3 is 1. The standard InChI is InChI=1S/C26H30O9/c1-11-13-8-17(27)35-22(3,4)14(13)9-16-24(6)15(11)10-23(5)18-19(33-20(23)28)32-12(2)26(30,34-16)25(18,24)21(29)31-7/h8-9,12,15-16,18-19,30H,1,10H2,2-7H3. The number of fused-ring (bicyclic) bond motifs is 1. The molecule has 0 aromatic heterocycles. The van der Waals surface area contributed by atoms with E-state index >= 15 is 0 Å². The van der Waals surface area contributed by atoms with Crippen LogP contribution in [0.15, 0.2) is 35.5 Å². The van der Waals surface area contributed by atoms with Gasteiger partial charge in [-0.05, 0) is 57.3 Å². The van der Waals surface area contributed by atoms with E-state index in [1.807, 2.05) is 13.0 Å². The van der Waals surface area contributed by atoms with Crippen LogP contribution in [0.3, 0.4) is 0 Å². The van der Waals surface area contributed by atoms with E-state index in [-0.39, 0.29) is 6.42 Å². The van der Waals surface area contributed by atoms with Crippen LogP contribution in [0.2, 0.25) is 0 Å². The molecule has 9 unspecified atom stereocenters. The quantitative estimate of drug-likeness (QED) is 0.438. The smallest absolute Gasteiger partial charge is 0.332 e. The van der Waals surface area contributed by atoms with Crippen LogP contribution in [-0.4, -0.2) is 60.0 Å². The largest absolute Gasteiger partial charge is 0.468 e. The molecule has 1 saturated carbocycles. The second kappa shape index (κ2) is 6.25. The van der Waals surface area contributed by atoms with Gasteiger partial charge in [-0.3, -0.25) is 9.59 Å². The number of carbonyl (C=O) groups excluding carboxylic acids is 3. The average Bonchev–Trinajstić information content (AvgIpc) is 3.10. The van der Waals surface area contributed by atoms with Crippen molar-refractivity contribution in [3.05, 3.63) is 35.5 Å². The van der Waals surface area contributed by atoms with Crippen molar-refractivity contribution in [3.8, 4) is 0 Å². The molecule has 1 N–H and O–H groups in total. The zero-order valence-corrected chi connectivity index (χ0v) is 20.7. The predicted octanol–water partition coefficient (Wildman–Crippen LogP) is 1.94. The van der Waals surface area contributed by atoms with Crippen LogP contribution >= 0.6 is 0 Å². The van der Waals surface area contributed by atoms with Crippen LogP contribution in [0.5, 0.6) is 0 Å². The third-order valence-electron chi connectivity index (χ3n) is 9.82. The summed E-state index contributed by atoms with van der Waals surface area (Å²) < 4.78 is 29.2. The third kappa shape index (κ3) is 2.17. The maximum atomic E-state index is 14.0. The van der Waals surface area contributed by atoms with Gasteiger partial charge in [0.05, 0.1) is 24.5 Å². The van der Waals surface area contributed by atoms with Gasteiger partial charge in [0.1, 0.15) is 17.1 Å². The molecular weight excluding hydrogens is 456 g/mol. The lowest BCUT2D eigenvalue weighted by molar-refractivity contribution is -0.374. The van der Waals surface area contributed by atoms with Crippen LogP contribution in [0, 0.1) is 28.1 Å². The predicted molar refractivity (Wildman–Crippen MR) is 118 cm³/mol. The second-order valence-electron chi connectivity index (χ2n) is 11.6.